The van der Waals surface area contributed by atoms with E-state index in [4.69, 9.17) is 10.8 Å². The van der Waals surface area contributed by atoms with E-state index in [1.54, 1.807) is 0 Å². The summed E-state index contributed by atoms with van der Waals surface area (Å²) in [6.07, 6.45) is 4.29. The van der Waals surface area contributed by atoms with Gasteiger partial charge in [0.25, 0.3) is 0 Å². The van der Waals surface area contributed by atoms with Crippen molar-refractivity contribution in [2.24, 2.45) is 5.92 Å². The first-order valence-electron chi connectivity index (χ1n) is 6.97. The third kappa shape index (κ3) is 3.03. The van der Waals surface area contributed by atoms with Crippen molar-refractivity contribution >= 4 is 5.69 Å². The molecule has 2 unspecified atom stereocenters. The lowest BCUT2D eigenvalue weighted by molar-refractivity contribution is 0.248. The zero-order valence-corrected chi connectivity index (χ0v) is 11.2. The molecule has 0 heterocycles. The van der Waals surface area contributed by atoms with Gasteiger partial charge in [0.05, 0.1) is 0 Å². The van der Waals surface area contributed by atoms with E-state index in [1.165, 1.54) is 11.1 Å². The highest BCUT2D eigenvalue weighted by Crippen LogP contribution is 2.32. The van der Waals surface area contributed by atoms with Crippen LogP contribution in [0, 0.1) is 5.92 Å². The van der Waals surface area contributed by atoms with Crippen LogP contribution in [0.4, 0.5) is 5.69 Å². The Hall–Kier alpha value is -1.06. The zero-order valence-electron chi connectivity index (χ0n) is 11.2. The minimum absolute atomic E-state index is 0.290. The number of fused-ring (bicyclic) bond motifs is 1. The number of nitrogen functional groups attached to an aromatic ring is 1. The van der Waals surface area contributed by atoms with E-state index in [0.717, 1.165) is 37.9 Å². The van der Waals surface area contributed by atoms with Gasteiger partial charge >= 0.3 is 0 Å². The van der Waals surface area contributed by atoms with Crippen LogP contribution < -0.4 is 11.1 Å². The maximum Gasteiger partial charge on any atom is 0.0434 e. The van der Waals surface area contributed by atoms with E-state index in [0.29, 0.717) is 12.0 Å². The average molecular weight is 248 g/mol. The molecule has 0 aliphatic heterocycles. The highest BCUT2D eigenvalue weighted by atomic mass is 16.3. The minimum Gasteiger partial charge on any atom is -0.399 e. The first-order valence-corrected chi connectivity index (χ1v) is 6.97. The number of aliphatic hydroxyl groups is 1. The van der Waals surface area contributed by atoms with Crippen molar-refractivity contribution in [2.45, 2.75) is 38.6 Å². The molecule has 0 radical (unpaired) electrons. The summed E-state index contributed by atoms with van der Waals surface area (Å²) in [7, 11) is 0. The topological polar surface area (TPSA) is 58.3 Å². The van der Waals surface area contributed by atoms with Crippen molar-refractivity contribution in [1.82, 2.24) is 5.32 Å². The molecule has 0 aromatic heterocycles. The van der Waals surface area contributed by atoms with Gasteiger partial charge < -0.3 is 16.2 Å². The largest absolute Gasteiger partial charge is 0.399 e. The SMILES string of the molecule is CCC(CCO)CNC1CCc2cc(N)ccc21. The van der Waals surface area contributed by atoms with Crippen LogP contribution in [0.15, 0.2) is 18.2 Å². The predicted molar refractivity (Wildman–Crippen MR) is 75.4 cm³/mol. The Labute approximate surface area is 109 Å². The molecule has 3 heteroatoms. The van der Waals surface area contributed by atoms with Gasteiger partial charge in [0, 0.05) is 18.3 Å². The molecule has 4 N–H and O–H groups in total. The first kappa shape index (κ1) is 13.4. The predicted octanol–water partition coefficient (Wildman–Crippen LogP) is 2.25. The molecular formula is C15H24N2O. The van der Waals surface area contributed by atoms with Crippen molar-refractivity contribution in [2.75, 3.05) is 18.9 Å². The molecule has 1 aliphatic carbocycles. The van der Waals surface area contributed by atoms with Gasteiger partial charge in [0.2, 0.25) is 0 Å². The molecule has 2 rings (SSSR count). The zero-order chi connectivity index (χ0) is 13.0. The summed E-state index contributed by atoms with van der Waals surface area (Å²) in [6.45, 7) is 3.47. The van der Waals surface area contributed by atoms with Crippen molar-refractivity contribution in [3.05, 3.63) is 29.3 Å². The Morgan fingerprint density at radius 3 is 3.06 bits per heavy atom. The Kier molecular flexibility index (Phi) is 4.61. The normalized spacial score (nSPS) is 19.8. The van der Waals surface area contributed by atoms with Crippen LogP contribution >= 0.6 is 0 Å². The van der Waals surface area contributed by atoms with Crippen LogP contribution in [-0.4, -0.2) is 18.3 Å². The van der Waals surface area contributed by atoms with Crippen LogP contribution in [0.3, 0.4) is 0 Å². The highest BCUT2D eigenvalue weighted by molar-refractivity contribution is 5.47. The number of nitrogens with one attached hydrogen (secondary N) is 1. The van der Waals surface area contributed by atoms with Gasteiger partial charge in [0.1, 0.15) is 0 Å². The van der Waals surface area contributed by atoms with Gasteiger partial charge in [-0.05, 0) is 55.0 Å². The first-order chi connectivity index (χ1) is 8.74. The van der Waals surface area contributed by atoms with E-state index in [9.17, 15) is 0 Å². The number of hydrogen-bond acceptors (Lipinski definition) is 3. The standard InChI is InChI=1S/C15H24N2O/c1-2-11(7-8-18)10-17-15-6-3-12-9-13(16)4-5-14(12)15/h4-5,9,11,15,17-18H,2-3,6-8,10,16H2,1H3. The summed E-state index contributed by atoms with van der Waals surface area (Å²) in [6, 6.07) is 6.71. The van der Waals surface area contributed by atoms with Gasteiger partial charge in [-0.15, -0.1) is 0 Å². The Bertz CT molecular complexity index is 392. The molecule has 2 atom stereocenters. The molecule has 1 aromatic rings. The Morgan fingerprint density at radius 1 is 1.50 bits per heavy atom. The summed E-state index contributed by atoms with van der Waals surface area (Å²) in [4.78, 5) is 0. The molecule has 0 saturated heterocycles. The minimum atomic E-state index is 0.290. The van der Waals surface area contributed by atoms with Crippen LogP contribution in [0.2, 0.25) is 0 Å². The third-order valence-electron chi connectivity index (χ3n) is 4.01. The molecule has 18 heavy (non-hydrogen) atoms. The molecular weight excluding hydrogens is 224 g/mol. The smallest absolute Gasteiger partial charge is 0.0434 e. The fourth-order valence-corrected chi connectivity index (χ4v) is 2.79. The molecule has 0 spiro atoms. The van der Waals surface area contributed by atoms with Crippen molar-refractivity contribution < 1.29 is 5.11 Å². The molecule has 0 saturated carbocycles. The Balaban J connectivity index is 1.93. The van der Waals surface area contributed by atoms with Gasteiger partial charge in [-0.25, -0.2) is 0 Å². The van der Waals surface area contributed by atoms with E-state index >= 15 is 0 Å². The highest BCUT2D eigenvalue weighted by Gasteiger charge is 2.22. The molecule has 0 bridgehead atoms. The Morgan fingerprint density at radius 2 is 2.33 bits per heavy atom. The van der Waals surface area contributed by atoms with Crippen molar-refractivity contribution in [3.63, 3.8) is 0 Å². The molecule has 0 amide bonds. The lowest BCUT2D eigenvalue weighted by Gasteiger charge is -2.19. The van der Waals surface area contributed by atoms with E-state index in [-0.39, 0.29) is 6.61 Å². The van der Waals surface area contributed by atoms with Gasteiger partial charge in [0.15, 0.2) is 0 Å². The summed E-state index contributed by atoms with van der Waals surface area (Å²) < 4.78 is 0. The second kappa shape index (κ2) is 6.21. The number of benzene rings is 1. The number of hydrogen-bond donors (Lipinski definition) is 3. The summed E-state index contributed by atoms with van der Waals surface area (Å²) >= 11 is 0. The third-order valence-corrected chi connectivity index (χ3v) is 4.01. The van der Waals surface area contributed by atoms with E-state index in [2.05, 4.69) is 24.4 Å². The van der Waals surface area contributed by atoms with E-state index < -0.39 is 0 Å². The number of rotatable bonds is 6. The van der Waals surface area contributed by atoms with Gasteiger partial charge in [-0.1, -0.05) is 19.4 Å². The molecule has 1 aliphatic rings. The lowest BCUT2D eigenvalue weighted by Crippen LogP contribution is -2.26. The number of aryl methyl sites for hydroxylation is 1. The van der Waals surface area contributed by atoms with Gasteiger partial charge in [-0.3, -0.25) is 0 Å². The summed E-state index contributed by atoms with van der Waals surface area (Å²) in [5.74, 6) is 0.577. The molecule has 3 nitrogen and oxygen atoms in total. The summed E-state index contributed by atoms with van der Waals surface area (Å²) in [5, 5.41) is 12.6. The van der Waals surface area contributed by atoms with Crippen molar-refractivity contribution in [3.8, 4) is 0 Å². The summed E-state index contributed by atoms with van der Waals surface area (Å²) in [5.41, 5.74) is 9.47. The number of anilines is 1. The molecule has 0 fully saturated rings. The number of nitrogens with two attached hydrogens (primary N) is 1. The number of aliphatic hydroxyl groups excluding tert-OH is 1. The maximum atomic E-state index is 9.01. The second-order valence-electron chi connectivity index (χ2n) is 5.24. The van der Waals surface area contributed by atoms with Crippen LogP contribution in [0.25, 0.3) is 0 Å². The van der Waals surface area contributed by atoms with Crippen LogP contribution in [0.1, 0.15) is 43.4 Å². The fourth-order valence-electron chi connectivity index (χ4n) is 2.79. The maximum absolute atomic E-state index is 9.01. The fraction of sp³-hybridized carbons (Fsp3) is 0.600. The van der Waals surface area contributed by atoms with Crippen LogP contribution in [-0.2, 0) is 6.42 Å². The molecule has 1 aromatic carbocycles. The van der Waals surface area contributed by atoms with Crippen molar-refractivity contribution in [1.29, 1.82) is 0 Å². The second-order valence-corrected chi connectivity index (χ2v) is 5.24. The monoisotopic (exact) mass is 248 g/mol. The van der Waals surface area contributed by atoms with E-state index in [1.807, 2.05) is 6.07 Å². The average Bonchev–Trinajstić information content (AvgIpc) is 2.76. The quantitative estimate of drug-likeness (QED) is 0.677. The van der Waals surface area contributed by atoms with Crippen LogP contribution in [0.5, 0.6) is 0 Å². The lowest BCUT2D eigenvalue weighted by atomic mass is 10.0. The molecule has 100 valence electrons. The van der Waals surface area contributed by atoms with Gasteiger partial charge in [-0.2, -0.15) is 0 Å².